The standard InChI is InChI=1S/C20H37N5O3.C6H11NO2/c1-12(2)22-19(28)25-11-9-14-15(25)8-10-24(14)18(27)16(20(4,5)6)23-17(26)13(3)21-7;8-6(9)7-5-3-1-2-4-5/h12-16,21H,8-11H2,1-7H3,(H,22,28)(H,23,26);5,7H,1-4H2,(H,8,9)/t13-,14?,15?,16?;/m0./s1. The third kappa shape index (κ3) is 8.48. The van der Waals surface area contributed by atoms with Crippen LogP contribution < -0.4 is 21.3 Å². The molecule has 11 heteroatoms. The second kappa shape index (κ2) is 13.3. The number of hydrogen-bond acceptors (Lipinski definition) is 5. The van der Waals surface area contributed by atoms with Crippen molar-refractivity contribution in [1.29, 1.82) is 0 Å². The molecule has 1 saturated carbocycles. The Balaban J connectivity index is 0.000000449. The van der Waals surface area contributed by atoms with Crippen molar-refractivity contribution in [1.82, 2.24) is 31.1 Å². The number of carbonyl (C=O) groups is 4. The van der Waals surface area contributed by atoms with E-state index in [9.17, 15) is 19.2 Å². The van der Waals surface area contributed by atoms with Gasteiger partial charge in [0.15, 0.2) is 0 Å². The molecule has 5 amide bonds. The normalized spacial score (nSPS) is 23.1. The molecule has 0 bridgehead atoms. The average molecular weight is 525 g/mol. The van der Waals surface area contributed by atoms with Gasteiger partial charge >= 0.3 is 12.1 Å². The highest BCUT2D eigenvalue weighted by Crippen LogP contribution is 2.34. The van der Waals surface area contributed by atoms with Crippen LogP contribution in [-0.4, -0.2) is 95.2 Å². The van der Waals surface area contributed by atoms with E-state index in [1.165, 1.54) is 12.8 Å². The zero-order chi connectivity index (χ0) is 27.9. The van der Waals surface area contributed by atoms with E-state index in [-0.39, 0.29) is 48.1 Å². The number of urea groups is 1. The quantitative estimate of drug-likeness (QED) is 0.360. The molecule has 37 heavy (non-hydrogen) atoms. The highest BCUT2D eigenvalue weighted by atomic mass is 16.4. The summed E-state index contributed by atoms with van der Waals surface area (Å²) in [6.45, 7) is 12.8. The largest absolute Gasteiger partial charge is 0.465 e. The molecule has 1 aliphatic carbocycles. The number of nitrogens with one attached hydrogen (secondary N) is 4. The molecule has 0 spiro atoms. The third-order valence-electron chi connectivity index (χ3n) is 7.44. The molecule has 3 unspecified atom stereocenters. The second-order valence-electron chi connectivity index (χ2n) is 11.8. The molecule has 3 fully saturated rings. The highest BCUT2D eigenvalue weighted by molar-refractivity contribution is 5.90. The molecule has 0 aromatic rings. The fourth-order valence-corrected chi connectivity index (χ4v) is 5.30. The molecule has 2 heterocycles. The van der Waals surface area contributed by atoms with E-state index in [1.54, 1.807) is 14.0 Å². The summed E-state index contributed by atoms with van der Waals surface area (Å²) in [4.78, 5) is 52.1. The van der Waals surface area contributed by atoms with E-state index in [4.69, 9.17) is 5.11 Å². The minimum Gasteiger partial charge on any atom is -0.465 e. The minimum atomic E-state index is -0.887. The molecule has 4 atom stereocenters. The van der Waals surface area contributed by atoms with Crippen molar-refractivity contribution in [3.05, 3.63) is 0 Å². The predicted molar refractivity (Wildman–Crippen MR) is 142 cm³/mol. The van der Waals surface area contributed by atoms with Crippen molar-refractivity contribution in [3.63, 3.8) is 0 Å². The lowest BCUT2D eigenvalue weighted by atomic mass is 9.85. The molecule has 3 aliphatic rings. The van der Waals surface area contributed by atoms with Crippen LogP contribution in [-0.2, 0) is 9.59 Å². The number of hydrogen-bond donors (Lipinski definition) is 5. The summed E-state index contributed by atoms with van der Waals surface area (Å²) < 4.78 is 0. The van der Waals surface area contributed by atoms with Crippen molar-refractivity contribution >= 4 is 23.9 Å². The van der Waals surface area contributed by atoms with Crippen LogP contribution in [0.1, 0.15) is 80.1 Å². The van der Waals surface area contributed by atoms with Gasteiger partial charge in [-0.15, -0.1) is 0 Å². The minimum absolute atomic E-state index is 0.0221. The first-order valence-corrected chi connectivity index (χ1v) is 13.6. The number of likely N-dealkylation sites (tertiary alicyclic amines) is 2. The summed E-state index contributed by atoms with van der Waals surface area (Å²) in [6, 6.07) is -0.633. The fourth-order valence-electron chi connectivity index (χ4n) is 5.30. The molecule has 3 rings (SSSR count). The van der Waals surface area contributed by atoms with Crippen molar-refractivity contribution in [2.24, 2.45) is 5.41 Å². The van der Waals surface area contributed by atoms with Crippen LogP contribution in [0.15, 0.2) is 0 Å². The number of amides is 5. The van der Waals surface area contributed by atoms with E-state index in [1.807, 2.05) is 44.4 Å². The molecule has 2 aliphatic heterocycles. The Bertz CT molecular complexity index is 808. The zero-order valence-corrected chi connectivity index (χ0v) is 23.6. The van der Waals surface area contributed by atoms with E-state index in [0.29, 0.717) is 13.1 Å². The Labute approximate surface area is 221 Å². The number of fused-ring (bicyclic) bond motifs is 1. The summed E-state index contributed by atoms with van der Waals surface area (Å²) in [6.07, 6.45) is 5.05. The lowest BCUT2D eigenvalue weighted by Crippen LogP contribution is -2.58. The number of carboxylic acid groups (broad SMARTS) is 1. The van der Waals surface area contributed by atoms with Crippen LogP contribution in [0, 0.1) is 5.41 Å². The lowest BCUT2D eigenvalue weighted by Gasteiger charge is -2.36. The summed E-state index contributed by atoms with van der Waals surface area (Å²) in [5.41, 5.74) is -0.411. The Morgan fingerprint density at radius 3 is 1.89 bits per heavy atom. The van der Waals surface area contributed by atoms with Crippen molar-refractivity contribution in [2.75, 3.05) is 20.1 Å². The topological polar surface area (TPSA) is 143 Å². The van der Waals surface area contributed by atoms with Gasteiger partial charge in [-0.25, -0.2) is 9.59 Å². The van der Waals surface area contributed by atoms with Gasteiger partial charge in [0, 0.05) is 25.2 Å². The molecular weight excluding hydrogens is 476 g/mol. The molecule has 0 radical (unpaired) electrons. The SMILES string of the molecule is CN[C@@H](C)C(=O)NC(C(=O)N1CCC2C1CCN2C(=O)NC(C)C)C(C)(C)C.O=C(O)NC1CCCC1. The number of carbonyl (C=O) groups excluding carboxylic acids is 3. The zero-order valence-electron chi connectivity index (χ0n) is 23.6. The van der Waals surface area contributed by atoms with Crippen LogP contribution in [0.25, 0.3) is 0 Å². The van der Waals surface area contributed by atoms with E-state index >= 15 is 0 Å². The maximum atomic E-state index is 13.4. The Morgan fingerprint density at radius 2 is 1.41 bits per heavy atom. The molecule has 2 saturated heterocycles. The van der Waals surface area contributed by atoms with Crippen LogP contribution in [0.2, 0.25) is 0 Å². The predicted octanol–water partition coefficient (Wildman–Crippen LogP) is 2.12. The van der Waals surface area contributed by atoms with Gasteiger partial charge in [-0.1, -0.05) is 33.6 Å². The average Bonchev–Trinajstić information content (AvgIpc) is 3.53. The van der Waals surface area contributed by atoms with Gasteiger partial charge in [-0.2, -0.15) is 0 Å². The first kappa shape index (κ1) is 30.7. The van der Waals surface area contributed by atoms with E-state index < -0.39 is 17.6 Å². The first-order chi connectivity index (χ1) is 17.3. The smallest absolute Gasteiger partial charge is 0.404 e. The van der Waals surface area contributed by atoms with Gasteiger partial charge in [0.1, 0.15) is 6.04 Å². The van der Waals surface area contributed by atoms with Gasteiger partial charge in [0.2, 0.25) is 11.8 Å². The Kier molecular flexibility index (Phi) is 11.0. The number of rotatable bonds is 6. The van der Waals surface area contributed by atoms with E-state index in [2.05, 4.69) is 21.3 Å². The van der Waals surface area contributed by atoms with Gasteiger partial charge < -0.3 is 36.2 Å². The van der Waals surface area contributed by atoms with Crippen molar-refractivity contribution in [3.8, 4) is 0 Å². The van der Waals surface area contributed by atoms with E-state index in [0.717, 1.165) is 25.7 Å². The summed E-state index contributed by atoms with van der Waals surface area (Å²) in [5.74, 6) is -0.237. The van der Waals surface area contributed by atoms with Crippen molar-refractivity contribution < 1.29 is 24.3 Å². The fraction of sp³-hybridized carbons (Fsp3) is 0.846. The molecule has 5 N–H and O–H groups in total. The summed E-state index contributed by atoms with van der Waals surface area (Å²) in [7, 11) is 1.72. The Hall–Kier alpha value is -2.56. The molecule has 212 valence electrons. The lowest BCUT2D eigenvalue weighted by molar-refractivity contribution is -0.140. The maximum Gasteiger partial charge on any atom is 0.404 e. The number of nitrogens with zero attached hydrogens (tertiary/aromatic N) is 2. The summed E-state index contributed by atoms with van der Waals surface area (Å²) >= 11 is 0. The molecule has 0 aromatic heterocycles. The highest BCUT2D eigenvalue weighted by Gasteiger charge is 2.49. The van der Waals surface area contributed by atoms with Crippen molar-refractivity contribution in [2.45, 2.75) is 116 Å². The van der Waals surface area contributed by atoms with Crippen LogP contribution in [0.4, 0.5) is 9.59 Å². The maximum absolute atomic E-state index is 13.4. The Morgan fingerprint density at radius 1 is 0.865 bits per heavy atom. The molecule has 11 nitrogen and oxygen atoms in total. The second-order valence-corrected chi connectivity index (χ2v) is 11.8. The first-order valence-electron chi connectivity index (χ1n) is 13.6. The molecule has 0 aromatic carbocycles. The van der Waals surface area contributed by atoms with Gasteiger partial charge in [-0.05, 0) is 58.9 Å². The van der Waals surface area contributed by atoms with Gasteiger partial charge in [0.25, 0.3) is 0 Å². The van der Waals surface area contributed by atoms with Crippen LogP contribution >= 0.6 is 0 Å². The van der Waals surface area contributed by atoms with Gasteiger partial charge in [-0.3, -0.25) is 9.59 Å². The number of likely N-dealkylation sites (N-methyl/N-ethyl adjacent to an activating group) is 1. The van der Waals surface area contributed by atoms with Gasteiger partial charge in [0.05, 0.1) is 18.1 Å². The third-order valence-corrected chi connectivity index (χ3v) is 7.44. The summed E-state index contributed by atoms with van der Waals surface area (Å²) in [5, 5.41) is 19.5. The van der Waals surface area contributed by atoms with Crippen LogP contribution in [0.3, 0.4) is 0 Å². The van der Waals surface area contributed by atoms with Crippen LogP contribution in [0.5, 0.6) is 0 Å². The monoisotopic (exact) mass is 524 g/mol. The molecular formula is C26H48N6O5.